The summed E-state index contributed by atoms with van der Waals surface area (Å²) in [5.74, 6) is 0.655. The third-order valence-corrected chi connectivity index (χ3v) is 8.41. The summed E-state index contributed by atoms with van der Waals surface area (Å²) in [6, 6.07) is 42.8. The predicted molar refractivity (Wildman–Crippen MR) is 200 cm³/mol. The van der Waals surface area contributed by atoms with Gasteiger partial charge in [-0.25, -0.2) is 15.0 Å². The summed E-state index contributed by atoms with van der Waals surface area (Å²) < 4.78 is 61.3. The molecule has 0 aliphatic heterocycles. The number of benzene rings is 7. The number of fused-ring (bicyclic) bond motifs is 3. The molecule has 0 N–H and O–H groups in total. The second-order valence-electron chi connectivity index (χ2n) is 11.6. The van der Waals surface area contributed by atoms with Crippen LogP contribution >= 0.6 is 0 Å². The molecule has 4 nitrogen and oxygen atoms in total. The highest BCUT2D eigenvalue weighted by atomic mass is 16.3. The lowest BCUT2D eigenvalue weighted by Gasteiger charge is -2.09. The zero-order valence-electron chi connectivity index (χ0n) is 32.0. The van der Waals surface area contributed by atoms with E-state index in [1.54, 1.807) is 0 Å². The van der Waals surface area contributed by atoms with Crippen molar-refractivity contribution in [1.82, 2.24) is 15.0 Å². The van der Waals surface area contributed by atoms with Crippen LogP contribution in [0.2, 0.25) is 0 Å². The zero-order valence-corrected chi connectivity index (χ0v) is 26.0. The van der Waals surface area contributed by atoms with E-state index in [2.05, 4.69) is 0 Å². The fourth-order valence-electron chi connectivity index (χ4n) is 5.91. The van der Waals surface area contributed by atoms with E-state index in [-0.39, 0.29) is 75.1 Å². The zero-order chi connectivity index (χ0) is 37.8. The molecule has 0 aliphatic rings. The Balaban J connectivity index is 1.24. The Morgan fingerprint density at radius 2 is 0.837 bits per heavy atom. The van der Waals surface area contributed by atoms with Crippen LogP contribution in [0.3, 0.4) is 0 Å². The van der Waals surface area contributed by atoms with Gasteiger partial charge in [-0.2, -0.15) is 0 Å². The van der Waals surface area contributed by atoms with Crippen molar-refractivity contribution in [3.8, 4) is 67.5 Å². The first kappa shape index (κ1) is 22.8. The minimum absolute atomic E-state index is 0.0115. The third kappa shape index (κ3) is 5.56. The van der Waals surface area contributed by atoms with Gasteiger partial charge in [0.2, 0.25) is 0 Å². The van der Waals surface area contributed by atoms with E-state index >= 15 is 0 Å². The highest BCUT2D eigenvalue weighted by Gasteiger charge is 2.16. The van der Waals surface area contributed by atoms with Gasteiger partial charge in [0.25, 0.3) is 0 Å². The molecule has 49 heavy (non-hydrogen) atoms. The highest BCUT2D eigenvalue weighted by molar-refractivity contribution is 6.07. The van der Waals surface area contributed by atoms with Crippen LogP contribution in [0.4, 0.5) is 0 Å². The van der Waals surface area contributed by atoms with Gasteiger partial charge in [0.15, 0.2) is 17.5 Å². The number of hydrogen-bond donors (Lipinski definition) is 0. The van der Waals surface area contributed by atoms with Crippen LogP contribution in [0.15, 0.2) is 180 Å². The first-order valence-electron chi connectivity index (χ1n) is 18.9. The van der Waals surface area contributed by atoms with Crippen molar-refractivity contribution in [1.29, 1.82) is 0 Å². The molecule has 0 aliphatic carbocycles. The fourth-order valence-corrected chi connectivity index (χ4v) is 5.91. The number of rotatable bonds is 6. The molecule has 0 atom stereocenters. The highest BCUT2D eigenvalue weighted by Crippen LogP contribution is 2.36. The van der Waals surface area contributed by atoms with Crippen LogP contribution in [0.5, 0.6) is 0 Å². The molecule has 0 fully saturated rings. The van der Waals surface area contributed by atoms with Crippen LogP contribution < -0.4 is 0 Å². The van der Waals surface area contributed by atoms with Gasteiger partial charge in [0.1, 0.15) is 11.2 Å². The van der Waals surface area contributed by atoms with E-state index < -0.39 is 0 Å². The summed E-state index contributed by atoms with van der Waals surface area (Å²) in [4.78, 5) is 14.4. The molecule has 0 spiro atoms. The molecule has 9 aromatic rings. The molecule has 0 bridgehead atoms. The van der Waals surface area contributed by atoms with Gasteiger partial charge >= 0.3 is 0 Å². The largest absolute Gasteiger partial charge is 0.456 e. The maximum atomic E-state index is 9.39. The van der Waals surface area contributed by atoms with E-state index in [4.69, 9.17) is 22.1 Å². The van der Waals surface area contributed by atoms with Gasteiger partial charge in [0, 0.05) is 27.5 Å². The summed E-state index contributed by atoms with van der Waals surface area (Å²) in [5, 5.41) is 0.165. The number of aromatic nitrogens is 3. The Hall–Kier alpha value is -6.65. The summed E-state index contributed by atoms with van der Waals surface area (Å²) in [7, 11) is 0. The normalized spacial score (nSPS) is 13.0. The second kappa shape index (κ2) is 12.2. The van der Waals surface area contributed by atoms with Crippen LogP contribution in [0.1, 0.15) is 8.22 Å². The minimum atomic E-state index is -0.330. The molecule has 4 heteroatoms. The molecule has 0 saturated heterocycles. The summed E-state index contributed by atoms with van der Waals surface area (Å²) in [6.07, 6.45) is 0. The Morgan fingerprint density at radius 3 is 1.51 bits per heavy atom. The van der Waals surface area contributed by atoms with E-state index in [0.717, 1.165) is 22.3 Å². The van der Waals surface area contributed by atoms with Gasteiger partial charge in [-0.15, -0.1) is 0 Å². The lowest BCUT2D eigenvalue weighted by molar-refractivity contribution is 0.669. The maximum Gasteiger partial charge on any atom is 0.164 e. The third-order valence-electron chi connectivity index (χ3n) is 8.41. The molecule has 0 unspecified atom stereocenters. The van der Waals surface area contributed by atoms with Gasteiger partial charge in [-0.3, -0.25) is 0 Å². The monoisotopic (exact) mass is 633 g/mol. The van der Waals surface area contributed by atoms with Crippen molar-refractivity contribution >= 4 is 21.9 Å². The standard InChI is InChI=1S/C45H29N3O/c1-4-11-30(12-5-1)32-19-21-33(22-20-32)36-24-26-41-40(28-36)39-25-23-38(29-42(39)49-41)45-47-43(34-15-8-3-9-16-34)46-44(48-45)37-18-10-17-35(27-37)31-13-6-2-7-14-31/h1-29H/i23D,24D,25D,26D,28D,29D. The number of hydrogen-bond acceptors (Lipinski definition) is 4. The summed E-state index contributed by atoms with van der Waals surface area (Å²) in [6.45, 7) is 0. The maximum absolute atomic E-state index is 9.39. The first-order valence-corrected chi connectivity index (χ1v) is 15.9. The number of nitrogens with zero attached hydrogens (tertiary/aromatic N) is 3. The molecule has 230 valence electrons. The van der Waals surface area contributed by atoms with Crippen LogP contribution in [-0.4, -0.2) is 15.0 Å². The molecular formula is C45H29N3O. The SMILES string of the molecule is [2H]c1c(-c2ccc(-c3ccccc3)cc2)c([2H])c2c(oc3c([2H])c(-c4nc(-c5ccccc5)nc(-c5cccc(-c6ccccc6)c5)n4)c([2H])c([2H])c32)c1[2H]. The second-order valence-corrected chi connectivity index (χ2v) is 11.6. The van der Waals surface area contributed by atoms with E-state index in [1.165, 1.54) is 0 Å². The fraction of sp³-hybridized carbons (Fsp3) is 0. The smallest absolute Gasteiger partial charge is 0.164 e. The van der Waals surface area contributed by atoms with Crippen LogP contribution in [0.25, 0.3) is 89.5 Å². The van der Waals surface area contributed by atoms with E-state index in [0.29, 0.717) is 28.3 Å². The molecule has 0 amide bonds. The quantitative estimate of drug-likeness (QED) is 0.183. The van der Waals surface area contributed by atoms with Crippen molar-refractivity contribution < 1.29 is 12.6 Å². The molecular weight excluding hydrogens is 599 g/mol. The average molecular weight is 634 g/mol. The van der Waals surface area contributed by atoms with Crippen LogP contribution in [0, 0.1) is 0 Å². The molecule has 2 heterocycles. The van der Waals surface area contributed by atoms with Gasteiger partial charge in [-0.1, -0.05) is 146 Å². The van der Waals surface area contributed by atoms with Crippen molar-refractivity contribution in [3.05, 3.63) is 176 Å². The predicted octanol–water partition coefficient (Wildman–Crippen LogP) is 11.8. The van der Waals surface area contributed by atoms with E-state index in [1.807, 2.05) is 140 Å². The van der Waals surface area contributed by atoms with Gasteiger partial charge < -0.3 is 4.42 Å². The first-order chi connectivity index (χ1) is 26.8. The van der Waals surface area contributed by atoms with Crippen molar-refractivity contribution in [2.24, 2.45) is 0 Å². The topological polar surface area (TPSA) is 51.8 Å². The Morgan fingerprint density at radius 1 is 0.347 bits per heavy atom. The number of furan rings is 1. The van der Waals surface area contributed by atoms with Gasteiger partial charge in [0.05, 0.1) is 8.22 Å². The van der Waals surface area contributed by atoms with E-state index in [9.17, 15) is 5.48 Å². The summed E-state index contributed by atoms with van der Waals surface area (Å²) >= 11 is 0. The van der Waals surface area contributed by atoms with Crippen molar-refractivity contribution in [3.63, 3.8) is 0 Å². The van der Waals surface area contributed by atoms with Crippen LogP contribution in [-0.2, 0) is 0 Å². The molecule has 0 radical (unpaired) electrons. The lowest BCUT2D eigenvalue weighted by Crippen LogP contribution is -2.00. The van der Waals surface area contributed by atoms with Crippen molar-refractivity contribution in [2.75, 3.05) is 0 Å². The Labute approximate surface area is 292 Å². The molecule has 2 aromatic heterocycles. The average Bonchev–Trinajstić information content (AvgIpc) is 3.65. The Kier molecular flexibility index (Phi) is 5.67. The molecule has 9 rings (SSSR count). The summed E-state index contributed by atoms with van der Waals surface area (Å²) in [5.41, 5.74) is 5.89. The lowest BCUT2D eigenvalue weighted by atomic mass is 9.99. The molecule has 0 saturated carbocycles. The minimum Gasteiger partial charge on any atom is -0.456 e. The Bertz CT molecular complexity index is 2920. The van der Waals surface area contributed by atoms with Crippen molar-refractivity contribution in [2.45, 2.75) is 0 Å². The molecule has 7 aromatic carbocycles. The van der Waals surface area contributed by atoms with Gasteiger partial charge in [-0.05, 0) is 63.6 Å².